The lowest BCUT2D eigenvalue weighted by Crippen LogP contribution is -2.32. The van der Waals surface area contributed by atoms with Gasteiger partial charge in [0.15, 0.2) is 11.6 Å². The van der Waals surface area contributed by atoms with Gasteiger partial charge in [-0.2, -0.15) is 12.7 Å². The van der Waals surface area contributed by atoms with Gasteiger partial charge in [0.25, 0.3) is 5.56 Å². The molecule has 0 saturated heterocycles. The molecular weight excluding hydrogens is 452 g/mol. The van der Waals surface area contributed by atoms with Crippen LogP contribution in [-0.4, -0.2) is 35.9 Å². The Labute approximate surface area is 182 Å². The van der Waals surface area contributed by atoms with Crippen molar-refractivity contribution in [2.45, 2.75) is 13.8 Å². The normalized spacial score (nSPS) is 11.9. The largest absolute Gasteiger partial charge is 0.352 e. The molecule has 0 atom stereocenters. The summed E-state index contributed by atoms with van der Waals surface area (Å²) in [4.78, 5) is 16.7. The first-order valence-electron chi connectivity index (χ1n) is 9.11. The topological polar surface area (TPSA) is 96.3 Å². The maximum absolute atomic E-state index is 14.6. The van der Waals surface area contributed by atoms with Crippen LogP contribution in [0.3, 0.4) is 0 Å². The van der Waals surface area contributed by atoms with Crippen molar-refractivity contribution in [3.05, 3.63) is 57.1 Å². The highest BCUT2D eigenvalue weighted by atomic mass is 35.5. The number of aryl methyl sites for hydroxylation is 2. The predicted octanol–water partition coefficient (Wildman–Crippen LogP) is 3.53. The Bertz CT molecular complexity index is 1340. The number of aromatic nitrogens is 2. The highest BCUT2D eigenvalue weighted by molar-refractivity contribution is 7.90. The molecular formula is C19H20ClF2N5O3S. The van der Waals surface area contributed by atoms with Gasteiger partial charge in [0, 0.05) is 32.4 Å². The molecule has 31 heavy (non-hydrogen) atoms. The van der Waals surface area contributed by atoms with Crippen LogP contribution in [0.15, 0.2) is 29.3 Å². The van der Waals surface area contributed by atoms with Crippen molar-refractivity contribution in [2.75, 3.05) is 23.6 Å². The number of hydrogen-bond acceptors (Lipinski definition) is 5. The average molecular weight is 472 g/mol. The van der Waals surface area contributed by atoms with E-state index < -0.39 is 27.5 Å². The van der Waals surface area contributed by atoms with E-state index in [4.69, 9.17) is 11.6 Å². The van der Waals surface area contributed by atoms with Crippen LogP contribution < -0.4 is 15.6 Å². The fraction of sp³-hybridized carbons (Fsp3) is 0.263. The summed E-state index contributed by atoms with van der Waals surface area (Å²) in [6.07, 6.45) is 1.38. The SMILES string of the molecule is CCN(C)S(=O)(=O)Nc1cc(F)c(F)c(Nc2ccc3ncn(C)c(=O)c3c2C)c1Cl. The second-order valence-corrected chi connectivity index (χ2v) is 9.00. The van der Waals surface area contributed by atoms with Crippen molar-refractivity contribution in [1.82, 2.24) is 13.9 Å². The fourth-order valence-electron chi connectivity index (χ4n) is 2.90. The Hall–Kier alpha value is -2.76. The third-order valence-electron chi connectivity index (χ3n) is 4.86. The summed E-state index contributed by atoms with van der Waals surface area (Å²) in [6.45, 7) is 3.39. The number of halogens is 3. The molecule has 0 spiro atoms. The maximum Gasteiger partial charge on any atom is 0.301 e. The van der Waals surface area contributed by atoms with Gasteiger partial charge in [0.05, 0.1) is 33.6 Å². The van der Waals surface area contributed by atoms with E-state index in [2.05, 4.69) is 15.0 Å². The highest BCUT2D eigenvalue weighted by Crippen LogP contribution is 2.38. The van der Waals surface area contributed by atoms with E-state index in [9.17, 15) is 22.0 Å². The van der Waals surface area contributed by atoms with Crippen molar-refractivity contribution in [1.29, 1.82) is 0 Å². The van der Waals surface area contributed by atoms with E-state index in [1.165, 1.54) is 17.9 Å². The van der Waals surface area contributed by atoms with Gasteiger partial charge in [0.2, 0.25) is 0 Å². The summed E-state index contributed by atoms with van der Waals surface area (Å²) in [6, 6.07) is 3.76. The van der Waals surface area contributed by atoms with Crippen LogP contribution in [0.25, 0.3) is 10.9 Å². The van der Waals surface area contributed by atoms with E-state index in [0.717, 1.165) is 4.31 Å². The van der Waals surface area contributed by atoms with Crippen molar-refractivity contribution < 1.29 is 17.2 Å². The minimum absolute atomic E-state index is 0.154. The number of benzene rings is 2. The van der Waals surface area contributed by atoms with E-state index in [-0.39, 0.29) is 28.5 Å². The fourth-order valence-corrected chi connectivity index (χ4v) is 4.12. The summed E-state index contributed by atoms with van der Waals surface area (Å²) in [5.41, 5.74) is 0.0457. The van der Waals surface area contributed by atoms with Crippen molar-refractivity contribution >= 4 is 49.8 Å². The first-order valence-corrected chi connectivity index (χ1v) is 10.9. The van der Waals surface area contributed by atoms with Gasteiger partial charge < -0.3 is 9.88 Å². The number of rotatable bonds is 6. The van der Waals surface area contributed by atoms with E-state index in [0.29, 0.717) is 22.5 Å². The molecule has 3 rings (SSSR count). The molecule has 0 aliphatic heterocycles. The minimum Gasteiger partial charge on any atom is -0.352 e. The van der Waals surface area contributed by atoms with Crippen LogP contribution in [0, 0.1) is 18.6 Å². The Kier molecular flexibility index (Phi) is 6.21. The molecule has 3 aromatic rings. The molecule has 0 fully saturated rings. The van der Waals surface area contributed by atoms with Crippen LogP contribution in [0.5, 0.6) is 0 Å². The monoisotopic (exact) mass is 471 g/mol. The third kappa shape index (κ3) is 4.21. The predicted molar refractivity (Wildman–Crippen MR) is 117 cm³/mol. The molecule has 0 radical (unpaired) electrons. The van der Waals surface area contributed by atoms with Crippen molar-refractivity contribution in [2.24, 2.45) is 7.05 Å². The average Bonchev–Trinajstić information content (AvgIpc) is 2.72. The van der Waals surface area contributed by atoms with E-state index >= 15 is 0 Å². The first kappa shape index (κ1) is 22.9. The Balaban J connectivity index is 2.12. The summed E-state index contributed by atoms with van der Waals surface area (Å²) in [5.74, 6) is -2.60. The Morgan fingerprint density at radius 3 is 2.58 bits per heavy atom. The molecule has 0 aliphatic rings. The zero-order valence-electron chi connectivity index (χ0n) is 17.1. The molecule has 8 nitrogen and oxygen atoms in total. The zero-order chi connectivity index (χ0) is 23.1. The minimum atomic E-state index is -4.02. The van der Waals surface area contributed by atoms with Crippen molar-refractivity contribution in [3.8, 4) is 0 Å². The third-order valence-corrected chi connectivity index (χ3v) is 6.81. The molecule has 1 heterocycles. The van der Waals surface area contributed by atoms with Crippen LogP contribution in [-0.2, 0) is 17.3 Å². The molecule has 0 unspecified atom stereocenters. The zero-order valence-corrected chi connectivity index (χ0v) is 18.7. The van der Waals surface area contributed by atoms with Crippen LogP contribution in [0.4, 0.5) is 25.8 Å². The second kappa shape index (κ2) is 8.40. The van der Waals surface area contributed by atoms with Gasteiger partial charge in [-0.1, -0.05) is 18.5 Å². The summed E-state index contributed by atoms with van der Waals surface area (Å²) >= 11 is 6.22. The Morgan fingerprint density at radius 2 is 1.94 bits per heavy atom. The van der Waals surface area contributed by atoms with E-state index in [1.807, 2.05) is 0 Å². The molecule has 0 aliphatic carbocycles. The number of nitrogens with one attached hydrogen (secondary N) is 2. The van der Waals surface area contributed by atoms with Gasteiger partial charge in [0.1, 0.15) is 0 Å². The van der Waals surface area contributed by atoms with Crippen LogP contribution in [0.2, 0.25) is 5.02 Å². The number of hydrogen-bond donors (Lipinski definition) is 2. The molecule has 12 heteroatoms. The van der Waals surface area contributed by atoms with E-state index in [1.54, 1.807) is 33.0 Å². The molecule has 0 saturated carbocycles. The highest BCUT2D eigenvalue weighted by Gasteiger charge is 2.23. The molecule has 2 N–H and O–H groups in total. The summed E-state index contributed by atoms with van der Waals surface area (Å²) in [7, 11) is -1.16. The van der Waals surface area contributed by atoms with Gasteiger partial charge in [-0.15, -0.1) is 0 Å². The summed E-state index contributed by atoms with van der Waals surface area (Å²) in [5, 5.41) is 2.62. The Morgan fingerprint density at radius 1 is 1.26 bits per heavy atom. The molecule has 2 aromatic carbocycles. The smallest absolute Gasteiger partial charge is 0.301 e. The first-order chi connectivity index (χ1) is 14.5. The second-order valence-electron chi connectivity index (χ2n) is 6.85. The lowest BCUT2D eigenvalue weighted by atomic mass is 10.1. The van der Waals surface area contributed by atoms with Gasteiger partial charge in [-0.05, 0) is 24.6 Å². The molecule has 0 bridgehead atoms. The molecule has 1 aromatic heterocycles. The van der Waals surface area contributed by atoms with Gasteiger partial charge in [-0.25, -0.2) is 13.8 Å². The van der Waals surface area contributed by atoms with Crippen LogP contribution >= 0.6 is 11.6 Å². The molecule has 166 valence electrons. The standard InChI is InChI=1S/C19H20ClF2N5O3S/c1-5-27(4)31(29,30)25-14-8-11(21)17(22)18(16(14)20)24-12-6-7-13-15(10(12)2)19(28)26(3)9-23-13/h6-9,24-25H,5H2,1-4H3. The number of anilines is 3. The lowest BCUT2D eigenvalue weighted by molar-refractivity contribution is 0.491. The summed E-state index contributed by atoms with van der Waals surface area (Å²) < 4.78 is 57.9. The van der Waals surface area contributed by atoms with Crippen molar-refractivity contribution in [3.63, 3.8) is 0 Å². The number of nitrogens with zero attached hydrogens (tertiary/aromatic N) is 3. The van der Waals surface area contributed by atoms with Crippen LogP contribution in [0.1, 0.15) is 12.5 Å². The lowest BCUT2D eigenvalue weighted by Gasteiger charge is -2.19. The number of fused-ring (bicyclic) bond motifs is 1. The van der Waals surface area contributed by atoms with Gasteiger partial charge in [-0.3, -0.25) is 9.52 Å². The van der Waals surface area contributed by atoms with Gasteiger partial charge >= 0.3 is 10.2 Å². The maximum atomic E-state index is 14.6. The quantitative estimate of drug-likeness (QED) is 0.536. The molecule has 0 amide bonds.